The largest absolute Gasteiger partial charge is 0.291 e. The van der Waals surface area contributed by atoms with E-state index in [4.69, 9.17) is 0 Å². The van der Waals surface area contributed by atoms with Gasteiger partial charge in [0, 0.05) is 5.71 Å². The standard InChI is InChI=1S/C13H25N/c1-8-10(4)14-13(7)12(6)11(5)9(2)3/h12-13H,8H2,1-7H3/b14-10+. The SMILES string of the molecule is CC/C(C)=N/C(C)C(C)C(C)=C(C)C. The lowest BCUT2D eigenvalue weighted by atomic mass is 9.92. The second-order valence-corrected chi connectivity index (χ2v) is 4.43. The molecule has 2 unspecified atom stereocenters. The maximum atomic E-state index is 4.68. The molecule has 82 valence electrons. The van der Waals surface area contributed by atoms with E-state index in [1.807, 2.05) is 0 Å². The number of hydrogen-bond donors (Lipinski definition) is 0. The second kappa shape index (κ2) is 6.00. The molecule has 0 rings (SSSR count). The van der Waals surface area contributed by atoms with Crippen LogP contribution in [0.4, 0.5) is 0 Å². The van der Waals surface area contributed by atoms with Crippen LogP contribution in [0.15, 0.2) is 16.1 Å². The van der Waals surface area contributed by atoms with Gasteiger partial charge in [-0.25, -0.2) is 0 Å². The van der Waals surface area contributed by atoms with E-state index < -0.39 is 0 Å². The van der Waals surface area contributed by atoms with Gasteiger partial charge in [-0.15, -0.1) is 0 Å². The first-order valence-corrected chi connectivity index (χ1v) is 5.57. The Kier molecular flexibility index (Phi) is 5.75. The van der Waals surface area contributed by atoms with Gasteiger partial charge >= 0.3 is 0 Å². The third-order valence-electron chi connectivity index (χ3n) is 3.13. The van der Waals surface area contributed by atoms with Crippen LogP contribution in [-0.4, -0.2) is 11.8 Å². The molecular weight excluding hydrogens is 170 g/mol. The molecule has 0 amide bonds. The van der Waals surface area contributed by atoms with E-state index in [9.17, 15) is 0 Å². The van der Waals surface area contributed by atoms with Crippen LogP contribution >= 0.6 is 0 Å². The third kappa shape index (κ3) is 4.08. The van der Waals surface area contributed by atoms with E-state index in [0.717, 1.165) is 6.42 Å². The van der Waals surface area contributed by atoms with Gasteiger partial charge in [-0.05, 0) is 47.0 Å². The molecule has 2 atom stereocenters. The monoisotopic (exact) mass is 195 g/mol. The lowest BCUT2D eigenvalue weighted by Gasteiger charge is -2.19. The Bertz CT molecular complexity index is 232. The Morgan fingerprint density at radius 3 is 1.93 bits per heavy atom. The van der Waals surface area contributed by atoms with Crippen molar-refractivity contribution in [3.8, 4) is 0 Å². The Morgan fingerprint density at radius 2 is 1.57 bits per heavy atom. The summed E-state index contributed by atoms with van der Waals surface area (Å²) in [6, 6.07) is 0.407. The topological polar surface area (TPSA) is 12.4 Å². The molecule has 0 saturated heterocycles. The fraction of sp³-hybridized carbons (Fsp3) is 0.769. The first-order valence-electron chi connectivity index (χ1n) is 5.57. The number of rotatable bonds is 4. The molecule has 0 bridgehead atoms. The molecule has 0 radical (unpaired) electrons. The summed E-state index contributed by atoms with van der Waals surface area (Å²) in [6.45, 7) is 15.3. The lowest BCUT2D eigenvalue weighted by Crippen LogP contribution is -2.15. The number of aliphatic imine (C=N–C) groups is 1. The summed E-state index contributed by atoms with van der Waals surface area (Å²) in [5.74, 6) is 0.557. The summed E-state index contributed by atoms with van der Waals surface area (Å²) in [6.07, 6.45) is 1.06. The third-order valence-corrected chi connectivity index (χ3v) is 3.13. The van der Waals surface area contributed by atoms with Crippen LogP contribution in [0.5, 0.6) is 0 Å². The summed E-state index contributed by atoms with van der Waals surface area (Å²) < 4.78 is 0. The fourth-order valence-corrected chi connectivity index (χ4v) is 1.37. The van der Waals surface area contributed by atoms with Crippen molar-refractivity contribution in [1.82, 2.24) is 0 Å². The van der Waals surface area contributed by atoms with E-state index in [1.165, 1.54) is 16.9 Å². The molecule has 0 spiro atoms. The first kappa shape index (κ1) is 13.4. The molecule has 14 heavy (non-hydrogen) atoms. The van der Waals surface area contributed by atoms with E-state index in [1.54, 1.807) is 0 Å². The molecule has 0 heterocycles. The zero-order valence-electron chi connectivity index (χ0n) is 10.8. The van der Waals surface area contributed by atoms with Crippen molar-refractivity contribution in [2.24, 2.45) is 10.9 Å². The quantitative estimate of drug-likeness (QED) is 0.470. The zero-order valence-corrected chi connectivity index (χ0v) is 10.8. The molecule has 1 heteroatoms. The van der Waals surface area contributed by atoms with Gasteiger partial charge in [-0.2, -0.15) is 0 Å². The normalized spacial score (nSPS) is 16.4. The summed E-state index contributed by atoms with van der Waals surface area (Å²) >= 11 is 0. The summed E-state index contributed by atoms with van der Waals surface area (Å²) in [5, 5.41) is 0. The smallest absolute Gasteiger partial charge is 0.0533 e. The summed E-state index contributed by atoms with van der Waals surface area (Å²) in [7, 11) is 0. The van der Waals surface area contributed by atoms with Gasteiger partial charge in [0.1, 0.15) is 0 Å². The minimum atomic E-state index is 0.407. The van der Waals surface area contributed by atoms with Crippen molar-refractivity contribution in [2.75, 3.05) is 0 Å². The minimum absolute atomic E-state index is 0.407. The van der Waals surface area contributed by atoms with Crippen LogP contribution in [0, 0.1) is 5.92 Å². The minimum Gasteiger partial charge on any atom is -0.291 e. The van der Waals surface area contributed by atoms with Crippen LogP contribution < -0.4 is 0 Å². The van der Waals surface area contributed by atoms with Crippen molar-refractivity contribution < 1.29 is 0 Å². The maximum Gasteiger partial charge on any atom is 0.0533 e. The Balaban J connectivity index is 4.56. The van der Waals surface area contributed by atoms with Crippen molar-refractivity contribution >= 4 is 5.71 Å². The molecule has 0 saturated carbocycles. The van der Waals surface area contributed by atoms with Gasteiger partial charge in [0.15, 0.2) is 0 Å². The molecule has 0 aromatic rings. The van der Waals surface area contributed by atoms with Gasteiger partial charge < -0.3 is 0 Å². The van der Waals surface area contributed by atoms with Crippen LogP contribution in [0.3, 0.4) is 0 Å². The molecule has 0 aliphatic rings. The van der Waals surface area contributed by atoms with E-state index in [0.29, 0.717) is 12.0 Å². The highest BCUT2D eigenvalue weighted by Gasteiger charge is 2.13. The average molecular weight is 195 g/mol. The van der Waals surface area contributed by atoms with E-state index in [2.05, 4.69) is 53.5 Å². The molecule has 0 aliphatic carbocycles. The highest BCUT2D eigenvalue weighted by atomic mass is 14.8. The van der Waals surface area contributed by atoms with Crippen molar-refractivity contribution in [3.63, 3.8) is 0 Å². The molecule has 0 fully saturated rings. The maximum absolute atomic E-state index is 4.68. The van der Waals surface area contributed by atoms with E-state index in [-0.39, 0.29) is 0 Å². The fourth-order valence-electron chi connectivity index (χ4n) is 1.37. The summed E-state index contributed by atoms with van der Waals surface area (Å²) in [5.41, 5.74) is 4.16. The lowest BCUT2D eigenvalue weighted by molar-refractivity contribution is 0.550. The van der Waals surface area contributed by atoms with Crippen LogP contribution in [0.25, 0.3) is 0 Å². The molecule has 1 nitrogen and oxygen atoms in total. The van der Waals surface area contributed by atoms with Crippen LogP contribution in [-0.2, 0) is 0 Å². The van der Waals surface area contributed by atoms with Crippen molar-refractivity contribution in [3.05, 3.63) is 11.1 Å². The Morgan fingerprint density at radius 1 is 1.07 bits per heavy atom. The Hall–Kier alpha value is -0.590. The van der Waals surface area contributed by atoms with Crippen molar-refractivity contribution in [2.45, 2.75) is 60.9 Å². The van der Waals surface area contributed by atoms with E-state index >= 15 is 0 Å². The molecule has 0 aromatic carbocycles. The highest BCUT2D eigenvalue weighted by Crippen LogP contribution is 2.20. The molecule has 0 N–H and O–H groups in total. The van der Waals surface area contributed by atoms with Gasteiger partial charge in [0.2, 0.25) is 0 Å². The van der Waals surface area contributed by atoms with Crippen LogP contribution in [0.2, 0.25) is 0 Å². The van der Waals surface area contributed by atoms with Crippen LogP contribution in [0.1, 0.15) is 54.9 Å². The average Bonchev–Trinajstić information content (AvgIpc) is 2.14. The summed E-state index contributed by atoms with van der Waals surface area (Å²) in [4.78, 5) is 4.68. The number of hydrogen-bond acceptors (Lipinski definition) is 1. The number of allylic oxidation sites excluding steroid dienone is 1. The second-order valence-electron chi connectivity index (χ2n) is 4.43. The number of nitrogens with zero attached hydrogens (tertiary/aromatic N) is 1. The van der Waals surface area contributed by atoms with Gasteiger partial charge in [0.25, 0.3) is 0 Å². The molecule has 0 aliphatic heterocycles. The van der Waals surface area contributed by atoms with Crippen molar-refractivity contribution in [1.29, 1.82) is 0 Å². The first-order chi connectivity index (χ1) is 6.40. The van der Waals surface area contributed by atoms with Gasteiger partial charge in [0.05, 0.1) is 6.04 Å². The Labute approximate surface area is 89.3 Å². The predicted octanol–water partition coefficient (Wildman–Crippen LogP) is 4.24. The molecular formula is C13H25N. The molecule has 0 aromatic heterocycles. The predicted molar refractivity (Wildman–Crippen MR) is 66.1 cm³/mol. The van der Waals surface area contributed by atoms with Gasteiger partial charge in [-0.3, -0.25) is 4.99 Å². The van der Waals surface area contributed by atoms with Gasteiger partial charge in [-0.1, -0.05) is 25.0 Å². The highest BCUT2D eigenvalue weighted by molar-refractivity contribution is 5.81. The zero-order chi connectivity index (χ0) is 11.3.